The molecule has 14 heavy (non-hydrogen) atoms. The van der Waals surface area contributed by atoms with Gasteiger partial charge in [0.2, 0.25) is 0 Å². The van der Waals surface area contributed by atoms with Crippen molar-refractivity contribution in [2.45, 2.75) is 6.92 Å². The minimum absolute atomic E-state index is 0.0640. The van der Waals surface area contributed by atoms with E-state index in [-0.39, 0.29) is 5.78 Å². The number of halogens is 1. The van der Waals surface area contributed by atoms with Crippen LogP contribution in [0, 0.1) is 0 Å². The fourth-order valence-corrected chi connectivity index (χ4v) is 1.44. The van der Waals surface area contributed by atoms with Crippen molar-refractivity contribution in [2.75, 3.05) is 6.61 Å². The van der Waals surface area contributed by atoms with Crippen molar-refractivity contribution >= 4 is 21.7 Å². The van der Waals surface area contributed by atoms with Crippen molar-refractivity contribution in [3.63, 3.8) is 0 Å². The zero-order chi connectivity index (χ0) is 10.4. The summed E-state index contributed by atoms with van der Waals surface area (Å²) in [6, 6.07) is 7.30. The van der Waals surface area contributed by atoms with Crippen LogP contribution in [0.3, 0.4) is 0 Å². The summed E-state index contributed by atoms with van der Waals surface area (Å²) in [7, 11) is 0. The highest BCUT2D eigenvalue weighted by atomic mass is 79.9. The van der Waals surface area contributed by atoms with E-state index in [4.69, 9.17) is 4.74 Å². The standard InChI is InChI=1S/C11H11BrO2/c1-2-14-8-7-11(13)9-5-3-4-6-10(9)12/h3-8H,2H2,1H3/b8-7+. The summed E-state index contributed by atoms with van der Waals surface area (Å²) in [6.45, 7) is 2.44. The number of benzene rings is 1. The third-order valence-electron chi connectivity index (χ3n) is 1.62. The predicted octanol–water partition coefficient (Wildman–Crippen LogP) is 3.18. The van der Waals surface area contributed by atoms with Gasteiger partial charge in [-0.15, -0.1) is 0 Å². The molecule has 0 atom stereocenters. The molecule has 0 saturated heterocycles. The van der Waals surface area contributed by atoms with E-state index in [1.807, 2.05) is 25.1 Å². The van der Waals surface area contributed by atoms with Crippen LogP contribution >= 0.6 is 15.9 Å². The average Bonchev–Trinajstić information content (AvgIpc) is 2.18. The predicted molar refractivity (Wildman–Crippen MR) is 59.2 cm³/mol. The summed E-state index contributed by atoms with van der Waals surface area (Å²) in [6.07, 6.45) is 2.84. The van der Waals surface area contributed by atoms with Gasteiger partial charge in [0.05, 0.1) is 12.9 Å². The van der Waals surface area contributed by atoms with Gasteiger partial charge in [0.1, 0.15) is 0 Å². The maximum absolute atomic E-state index is 11.5. The van der Waals surface area contributed by atoms with Crippen LogP contribution in [-0.2, 0) is 4.74 Å². The van der Waals surface area contributed by atoms with Crippen LogP contribution in [0.1, 0.15) is 17.3 Å². The Bertz CT molecular complexity index is 345. The van der Waals surface area contributed by atoms with Crippen LogP contribution in [-0.4, -0.2) is 12.4 Å². The van der Waals surface area contributed by atoms with E-state index in [2.05, 4.69) is 15.9 Å². The number of hydrogen-bond donors (Lipinski definition) is 0. The summed E-state index contributed by atoms with van der Waals surface area (Å²) in [5.74, 6) is -0.0640. The van der Waals surface area contributed by atoms with Gasteiger partial charge in [-0.2, -0.15) is 0 Å². The largest absolute Gasteiger partial charge is 0.501 e. The van der Waals surface area contributed by atoms with E-state index in [9.17, 15) is 4.79 Å². The molecule has 1 aromatic rings. The van der Waals surface area contributed by atoms with Gasteiger partial charge in [-0.25, -0.2) is 0 Å². The van der Waals surface area contributed by atoms with E-state index >= 15 is 0 Å². The number of carbonyl (C=O) groups is 1. The molecule has 0 bridgehead atoms. The molecule has 3 heteroatoms. The minimum Gasteiger partial charge on any atom is -0.501 e. The second-order valence-corrected chi connectivity index (χ2v) is 3.46. The summed E-state index contributed by atoms with van der Waals surface area (Å²) >= 11 is 3.31. The molecule has 74 valence electrons. The number of ketones is 1. The zero-order valence-electron chi connectivity index (χ0n) is 7.87. The number of hydrogen-bond acceptors (Lipinski definition) is 2. The lowest BCUT2D eigenvalue weighted by Gasteiger charge is -1.98. The Morgan fingerprint density at radius 3 is 2.86 bits per heavy atom. The van der Waals surface area contributed by atoms with Gasteiger partial charge in [0.15, 0.2) is 5.78 Å². The lowest BCUT2D eigenvalue weighted by Crippen LogP contribution is -1.95. The molecule has 0 aliphatic heterocycles. The second-order valence-electron chi connectivity index (χ2n) is 2.60. The Balaban J connectivity index is 2.75. The summed E-state index contributed by atoms with van der Waals surface area (Å²) in [4.78, 5) is 11.5. The first kappa shape index (κ1) is 11.0. The van der Waals surface area contributed by atoms with E-state index < -0.39 is 0 Å². The Kier molecular flexibility index (Phi) is 4.40. The van der Waals surface area contributed by atoms with Crippen molar-refractivity contribution in [3.05, 3.63) is 46.6 Å². The van der Waals surface area contributed by atoms with E-state index in [0.717, 1.165) is 4.47 Å². The number of allylic oxidation sites excluding steroid dienone is 1. The highest BCUT2D eigenvalue weighted by Crippen LogP contribution is 2.16. The van der Waals surface area contributed by atoms with Crippen molar-refractivity contribution in [2.24, 2.45) is 0 Å². The summed E-state index contributed by atoms with van der Waals surface area (Å²) in [5, 5.41) is 0. The maximum atomic E-state index is 11.5. The molecule has 0 N–H and O–H groups in total. The van der Waals surface area contributed by atoms with Crippen molar-refractivity contribution in [1.29, 1.82) is 0 Å². The Hall–Kier alpha value is -1.09. The fourth-order valence-electron chi connectivity index (χ4n) is 0.957. The van der Waals surface area contributed by atoms with Crippen LogP contribution in [0.25, 0.3) is 0 Å². The van der Waals surface area contributed by atoms with E-state index in [1.165, 1.54) is 12.3 Å². The molecule has 0 unspecified atom stereocenters. The topological polar surface area (TPSA) is 26.3 Å². The molecule has 0 radical (unpaired) electrons. The molecule has 0 heterocycles. The number of rotatable bonds is 4. The molecule has 0 aromatic heterocycles. The van der Waals surface area contributed by atoms with Crippen LogP contribution in [0.15, 0.2) is 41.1 Å². The average molecular weight is 255 g/mol. The molecule has 0 saturated carbocycles. The summed E-state index contributed by atoms with van der Waals surface area (Å²) in [5.41, 5.74) is 0.642. The molecule has 0 amide bonds. The van der Waals surface area contributed by atoms with Crippen LogP contribution in [0.5, 0.6) is 0 Å². The number of ether oxygens (including phenoxy) is 1. The first-order valence-electron chi connectivity index (χ1n) is 4.32. The first-order valence-corrected chi connectivity index (χ1v) is 5.12. The lowest BCUT2D eigenvalue weighted by atomic mass is 10.1. The molecule has 0 aliphatic rings. The molecule has 0 fully saturated rings. The molecule has 1 rings (SSSR count). The minimum atomic E-state index is -0.0640. The smallest absolute Gasteiger partial charge is 0.190 e. The maximum Gasteiger partial charge on any atom is 0.190 e. The van der Waals surface area contributed by atoms with Gasteiger partial charge in [-0.05, 0) is 19.1 Å². The van der Waals surface area contributed by atoms with Crippen LogP contribution in [0.4, 0.5) is 0 Å². The normalized spacial score (nSPS) is 10.4. The van der Waals surface area contributed by atoms with Gasteiger partial charge in [-0.1, -0.05) is 28.1 Å². The van der Waals surface area contributed by atoms with Crippen LogP contribution < -0.4 is 0 Å². The SMILES string of the molecule is CCO/C=C/C(=O)c1ccccc1Br. The molecule has 1 aromatic carbocycles. The second kappa shape index (κ2) is 5.60. The third kappa shape index (κ3) is 3.00. The summed E-state index contributed by atoms with van der Waals surface area (Å²) < 4.78 is 5.75. The molecular formula is C11H11BrO2. The van der Waals surface area contributed by atoms with Crippen LogP contribution in [0.2, 0.25) is 0 Å². The van der Waals surface area contributed by atoms with Gasteiger partial charge in [-0.3, -0.25) is 4.79 Å². The highest BCUT2D eigenvalue weighted by molar-refractivity contribution is 9.10. The Labute approximate surface area is 91.7 Å². The number of carbonyl (C=O) groups excluding carboxylic acids is 1. The Morgan fingerprint density at radius 2 is 2.21 bits per heavy atom. The van der Waals surface area contributed by atoms with E-state index in [1.54, 1.807) is 6.07 Å². The van der Waals surface area contributed by atoms with E-state index in [0.29, 0.717) is 12.2 Å². The highest BCUT2D eigenvalue weighted by Gasteiger charge is 2.04. The van der Waals surface area contributed by atoms with Gasteiger partial charge >= 0.3 is 0 Å². The van der Waals surface area contributed by atoms with Gasteiger partial charge in [0.25, 0.3) is 0 Å². The van der Waals surface area contributed by atoms with Crippen molar-refractivity contribution < 1.29 is 9.53 Å². The van der Waals surface area contributed by atoms with Gasteiger partial charge < -0.3 is 4.74 Å². The fraction of sp³-hybridized carbons (Fsp3) is 0.182. The molecule has 2 nitrogen and oxygen atoms in total. The molecular weight excluding hydrogens is 244 g/mol. The first-order chi connectivity index (χ1) is 6.75. The lowest BCUT2D eigenvalue weighted by molar-refractivity contribution is 0.104. The van der Waals surface area contributed by atoms with Crippen molar-refractivity contribution in [1.82, 2.24) is 0 Å². The quantitative estimate of drug-likeness (QED) is 0.469. The Morgan fingerprint density at radius 1 is 1.50 bits per heavy atom. The molecule has 0 spiro atoms. The third-order valence-corrected chi connectivity index (χ3v) is 2.31. The monoisotopic (exact) mass is 254 g/mol. The van der Waals surface area contributed by atoms with Crippen molar-refractivity contribution in [3.8, 4) is 0 Å². The zero-order valence-corrected chi connectivity index (χ0v) is 9.45. The van der Waals surface area contributed by atoms with Gasteiger partial charge in [0, 0.05) is 16.1 Å². The molecule has 0 aliphatic carbocycles.